The molecule has 0 unspecified atom stereocenters. The number of fused-ring (bicyclic) bond motifs is 1. The minimum Gasteiger partial charge on any atom is -0.481 e. The van der Waals surface area contributed by atoms with E-state index in [-0.39, 0.29) is 17.7 Å². The lowest BCUT2D eigenvalue weighted by Crippen LogP contribution is -2.35. The first-order valence-electron chi connectivity index (χ1n) is 8.61. The minimum atomic E-state index is -0.731. The molecule has 4 nitrogen and oxygen atoms in total. The Balaban J connectivity index is 1.47. The van der Waals surface area contributed by atoms with Crippen LogP contribution in [0.25, 0.3) is 10.8 Å². The van der Waals surface area contributed by atoms with Gasteiger partial charge in [-0.2, -0.15) is 0 Å². The van der Waals surface area contributed by atoms with Crippen LogP contribution in [0.3, 0.4) is 0 Å². The molecule has 0 atom stereocenters. The number of rotatable bonds is 5. The largest absolute Gasteiger partial charge is 0.481 e. The molecule has 1 saturated carbocycles. The predicted octanol–water partition coefficient (Wildman–Crippen LogP) is 3.39. The molecule has 0 radical (unpaired) electrons. The van der Waals surface area contributed by atoms with Crippen LogP contribution in [-0.2, 0) is 16.0 Å². The Labute approximate surface area is 141 Å². The van der Waals surface area contributed by atoms with E-state index in [9.17, 15) is 9.59 Å². The lowest BCUT2D eigenvalue weighted by atomic mass is 9.81. The third-order valence-electron chi connectivity index (χ3n) is 4.97. The summed E-state index contributed by atoms with van der Waals surface area (Å²) in [6.07, 6.45) is 3.38. The number of benzene rings is 2. The molecule has 2 aromatic carbocycles. The van der Waals surface area contributed by atoms with Crippen LogP contribution in [0, 0.1) is 11.8 Å². The fourth-order valence-corrected chi connectivity index (χ4v) is 3.47. The normalized spacial score (nSPS) is 20.7. The van der Waals surface area contributed by atoms with Gasteiger partial charge in [-0.3, -0.25) is 9.59 Å². The van der Waals surface area contributed by atoms with Crippen LogP contribution in [0.15, 0.2) is 42.5 Å². The van der Waals surface area contributed by atoms with Crippen molar-refractivity contribution in [3.63, 3.8) is 0 Å². The Morgan fingerprint density at radius 3 is 2.33 bits per heavy atom. The number of carbonyl (C=O) groups is 2. The van der Waals surface area contributed by atoms with Crippen molar-refractivity contribution in [1.29, 1.82) is 0 Å². The summed E-state index contributed by atoms with van der Waals surface area (Å²) in [5, 5.41) is 14.5. The molecular formula is C20H23NO3. The summed E-state index contributed by atoms with van der Waals surface area (Å²) in [4.78, 5) is 23.2. The Morgan fingerprint density at radius 2 is 1.62 bits per heavy atom. The second-order valence-electron chi connectivity index (χ2n) is 6.61. The molecule has 0 aromatic heterocycles. The maximum atomic E-state index is 12.2. The Hall–Kier alpha value is -2.36. The summed E-state index contributed by atoms with van der Waals surface area (Å²) in [5.74, 6) is -0.964. The monoisotopic (exact) mass is 325 g/mol. The van der Waals surface area contributed by atoms with Crippen molar-refractivity contribution in [2.75, 3.05) is 6.54 Å². The molecule has 1 amide bonds. The molecule has 2 aromatic rings. The average molecular weight is 325 g/mol. The van der Waals surface area contributed by atoms with Gasteiger partial charge in [0.15, 0.2) is 0 Å². The lowest BCUT2D eigenvalue weighted by molar-refractivity contribution is -0.144. The standard InChI is InChI=1S/C20H23NO3/c22-19(16-7-9-17(10-8-16)20(23)24)21-12-11-14-5-6-15-3-1-2-4-18(15)13-14/h1-6,13,16-17H,7-12H2,(H,21,22)(H,23,24). The lowest BCUT2D eigenvalue weighted by Gasteiger charge is -2.25. The second-order valence-corrected chi connectivity index (χ2v) is 6.61. The first-order chi connectivity index (χ1) is 11.6. The molecule has 1 aliphatic carbocycles. The highest BCUT2D eigenvalue weighted by Crippen LogP contribution is 2.29. The first-order valence-corrected chi connectivity index (χ1v) is 8.61. The molecule has 1 aliphatic rings. The van der Waals surface area contributed by atoms with Gasteiger partial charge in [0.2, 0.25) is 5.91 Å². The van der Waals surface area contributed by atoms with Gasteiger partial charge in [-0.1, -0.05) is 42.5 Å². The summed E-state index contributed by atoms with van der Waals surface area (Å²) < 4.78 is 0. The Bertz CT molecular complexity index is 732. The third-order valence-corrected chi connectivity index (χ3v) is 4.97. The van der Waals surface area contributed by atoms with E-state index in [0.29, 0.717) is 32.2 Å². The molecule has 0 aliphatic heterocycles. The van der Waals surface area contributed by atoms with Gasteiger partial charge >= 0.3 is 5.97 Å². The van der Waals surface area contributed by atoms with E-state index in [4.69, 9.17) is 5.11 Å². The number of carboxylic acids is 1. The number of amides is 1. The van der Waals surface area contributed by atoms with Crippen LogP contribution in [0.2, 0.25) is 0 Å². The van der Waals surface area contributed by atoms with Crippen molar-refractivity contribution >= 4 is 22.6 Å². The predicted molar refractivity (Wildman–Crippen MR) is 93.7 cm³/mol. The molecule has 3 rings (SSSR count). The van der Waals surface area contributed by atoms with Crippen molar-refractivity contribution in [3.05, 3.63) is 48.0 Å². The topological polar surface area (TPSA) is 66.4 Å². The second kappa shape index (κ2) is 7.47. The van der Waals surface area contributed by atoms with Gasteiger partial charge in [-0.15, -0.1) is 0 Å². The van der Waals surface area contributed by atoms with Gasteiger partial charge in [-0.05, 0) is 48.4 Å². The van der Waals surface area contributed by atoms with Crippen LogP contribution < -0.4 is 5.32 Å². The smallest absolute Gasteiger partial charge is 0.306 e. The van der Waals surface area contributed by atoms with E-state index < -0.39 is 5.97 Å². The number of hydrogen-bond acceptors (Lipinski definition) is 2. The van der Waals surface area contributed by atoms with Gasteiger partial charge in [0.25, 0.3) is 0 Å². The molecule has 0 spiro atoms. The molecule has 4 heteroatoms. The highest BCUT2D eigenvalue weighted by molar-refractivity contribution is 5.83. The maximum absolute atomic E-state index is 12.2. The van der Waals surface area contributed by atoms with Gasteiger partial charge in [0, 0.05) is 12.5 Å². The van der Waals surface area contributed by atoms with E-state index in [2.05, 4.69) is 35.6 Å². The zero-order valence-corrected chi connectivity index (χ0v) is 13.7. The van der Waals surface area contributed by atoms with Crippen LogP contribution in [-0.4, -0.2) is 23.5 Å². The highest BCUT2D eigenvalue weighted by Gasteiger charge is 2.29. The van der Waals surface area contributed by atoms with Crippen LogP contribution in [0.5, 0.6) is 0 Å². The molecule has 0 bridgehead atoms. The molecule has 0 heterocycles. The fraction of sp³-hybridized carbons (Fsp3) is 0.400. The van der Waals surface area contributed by atoms with Gasteiger partial charge in [0.05, 0.1) is 5.92 Å². The number of carbonyl (C=O) groups excluding carboxylic acids is 1. The number of aliphatic carboxylic acids is 1. The van der Waals surface area contributed by atoms with E-state index >= 15 is 0 Å². The van der Waals surface area contributed by atoms with Crippen LogP contribution in [0.4, 0.5) is 0 Å². The third kappa shape index (κ3) is 3.94. The van der Waals surface area contributed by atoms with Crippen molar-refractivity contribution in [1.82, 2.24) is 5.32 Å². The summed E-state index contributed by atoms with van der Waals surface area (Å²) in [5.41, 5.74) is 1.21. The van der Waals surface area contributed by atoms with E-state index in [1.165, 1.54) is 16.3 Å². The summed E-state index contributed by atoms with van der Waals surface area (Å²) in [6.45, 7) is 0.621. The molecular weight excluding hydrogens is 302 g/mol. The highest BCUT2D eigenvalue weighted by atomic mass is 16.4. The SMILES string of the molecule is O=C(O)C1CCC(C(=O)NCCc2ccc3ccccc3c2)CC1. The molecule has 126 valence electrons. The van der Waals surface area contributed by atoms with Crippen LogP contribution >= 0.6 is 0 Å². The van der Waals surface area contributed by atoms with Gasteiger partial charge in [-0.25, -0.2) is 0 Å². The van der Waals surface area contributed by atoms with Crippen molar-refractivity contribution in [2.45, 2.75) is 32.1 Å². The van der Waals surface area contributed by atoms with Crippen molar-refractivity contribution in [3.8, 4) is 0 Å². The average Bonchev–Trinajstić information content (AvgIpc) is 2.61. The van der Waals surface area contributed by atoms with Crippen molar-refractivity contribution < 1.29 is 14.7 Å². The van der Waals surface area contributed by atoms with E-state index in [1.54, 1.807) is 0 Å². The molecule has 1 fully saturated rings. The summed E-state index contributed by atoms with van der Waals surface area (Å²) in [7, 11) is 0. The fourth-order valence-electron chi connectivity index (χ4n) is 3.47. The zero-order valence-electron chi connectivity index (χ0n) is 13.7. The number of carboxylic acid groups (broad SMARTS) is 1. The van der Waals surface area contributed by atoms with Gasteiger partial charge in [0.1, 0.15) is 0 Å². The zero-order chi connectivity index (χ0) is 16.9. The molecule has 2 N–H and O–H groups in total. The Morgan fingerprint density at radius 1 is 0.958 bits per heavy atom. The summed E-state index contributed by atoms with van der Waals surface area (Å²) in [6, 6.07) is 14.6. The minimum absolute atomic E-state index is 0.0304. The summed E-state index contributed by atoms with van der Waals surface area (Å²) >= 11 is 0. The molecule has 0 saturated heterocycles. The van der Waals surface area contributed by atoms with Crippen LogP contribution in [0.1, 0.15) is 31.2 Å². The number of hydrogen-bond donors (Lipinski definition) is 2. The van der Waals surface area contributed by atoms with Crippen molar-refractivity contribution in [2.24, 2.45) is 11.8 Å². The van der Waals surface area contributed by atoms with E-state index in [1.807, 2.05) is 12.1 Å². The number of nitrogens with one attached hydrogen (secondary N) is 1. The maximum Gasteiger partial charge on any atom is 0.306 e. The van der Waals surface area contributed by atoms with E-state index in [0.717, 1.165) is 6.42 Å². The quantitative estimate of drug-likeness (QED) is 0.885. The van der Waals surface area contributed by atoms with Gasteiger partial charge < -0.3 is 10.4 Å². The molecule has 24 heavy (non-hydrogen) atoms. The first kappa shape index (κ1) is 16.5. The Kier molecular flexibility index (Phi) is 5.14.